The van der Waals surface area contributed by atoms with E-state index in [4.69, 9.17) is 0 Å². The van der Waals surface area contributed by atoms with E-state index in [0.717, 1.165) is 4.47 Å². The van der Waals surface area contributed by atoms with Crippen molar-refractivity contribution < 1.29 is 4.39 Å². The van der Waals surface area contributed by atoms with Crippen LogP contribution in [-0.4, -0.2) is 19.6 Å². The van der Waals surface area contributed by atoms with Crippen molar-refractivity contribution in [1.29, 1.82) is 0 Å². The summed E-state index contributed by atoms with van der Waals surface area (Å²) in [7, 11) is 0. The Kier molecular flexibility index (Phi) is 3.12. The highest BCUT2D eigenvalue weighted by molar-refractivity contribution is 9.10. The van der Waals surface area contributed by atoms with Crippen LogP contribution in [0.1, 0.15) is 5.56 Å². The molecule has 2 aromatic heterocycles. The molecule has 0 spiro atoms. The molecule has 5 nitrogen and oxygen atoms in total. The second kappa shape index (κ2) is 4.93. The Labute approximate surface area is 116 Å². The van der Waals surface area contributed by atoms with Gasteiger partial charge in [-0.1, -0.05) is 15.9 Å². The van der Waals surface area contributed by atoms with Crippen LogP contribution in [0.3, 0.4) is 0 Å². The standard InChI is InChI=1S/C12H9BrFN5/c13-9-1-2-10(14)8(5-9)6-16-11-12-18-17-7-19(12)4-3-15-11/h1-5,7H,6H2,(H,15,16). The maximum absolute atomic E-state index is 13.6. The number of benzene rings is 1. The van der Waals surface area contributed by atoms with Crippen molar-refractivity contribution in [2.24, 2.45) is 0 Å². The molecule has 7 heteroatoms. The molecular weight excluding hydrogens is 313 g/mol. The topological polar surface area (TPSA) is 55.1 Å². The molecule has 0 radical (unpaired) electrons. The quantitative estimate of drug-likeness (QED) is 0.805. The number of halogens is 2. The van der Waals surface area contributed by atoms with Gasteiger partial charge in [0.25, 0.3) is 0 Å². The van der Waals surface area contributed by atoms with E-state index in [1.165, 1.54) is 6.07 Å². The molecule has 19 heavy (non-hydrogen) atoms. The normalized spacial score (nSPS) is 10.8. The van der Waals surface area contributed by atoms with Crippen molar-refractivity contribution in [3.05, 3.63) is 52.8 Å². The van der Waals surface area contributed by atoms with Crippen molar-refractivity contribution in [1.82, 2.24) is 19.6 Å². The molecule has 2 heterocycles. The molecule has 0 aliphatic carbocycles. The van der Waals surface area contributed by atoms with Crippen LogP contribution in [0.2, 0.25) is 0 Å². The van der Waals surface area contributed by atoms with E-state index >= 15 is 0 Å². The summed E-state index contributed by atoms with van der Waals surface area (Å²) < 4.78 is 16.2. The number of aromatic nitrogens is 4. The minimum absolute atomic E-state index is 0.260. The second-order valence-electron chi connectivity index (χ2n) is 3.93. The first-order valence-corrected chi connectivity index (χ1v) is 6.35. The predicted molar refractivity (Wildman–Crippen MR) is 72.2 cm³/mol. The average Bonchev–Trinajstić information content (AvgIpc) is 2.88. The molecule has 96 valence electrons. The molecule has 0 saturated heterocycles. The number of nitrogens with zero attached hydrogens (tertiary/aromatic N) is 4. The highest BCUT2D eigenvalue weighted by Gasteiger charge is 2.07. The first kappa shape index (κ1) is 12.0. The summed E-state index contributed by atoms with van der Waals surface area (Å²) in [5.41, 5.74) is 1.16. The molecular formula is C12H9BrFN5. The fourth-order valence-corrected chi connectivity index (χ4v) is 2.15. The third-order valence-corrected chi connectivity index (χ3v) is 3.16. The van der Waals surface area contributed by atoms with Gasteiger partial charge in [-0.3, -0.25) is 4.40 Å². The fourth-order valence-electron chi connectivity index (χ4n) is 1.74. The molecule has 3 rings (SSSR count). The van der Waals surface area contributed by atoms with Crippen LogP contribution in [-0.2, 0) is 6.54 Å². The molecule has 0 saturated carbocycles. The summed E-state index contributed by atoms with van der Waals surface area (Å²) >= 11 is 3.32. The zero-order chi connectivity index (χ0) is 13.2. The van der Waals surface area contributed by atoms with Crippen LogP contribution in [0.15, 0.2) is 41.4 Å². The van der Waals surface area contributed by atoms with Gasteiger partial charge in [0.2, 0.25) is 5.65 Å². The van der Waals surface area contributed by atoms with Crippen LogP contribution in [0, 0.1) is 5.82 Å². The number of nitrogens with one attached hydrogen (secondary N) is 1. The van der Waals surface area contributed by atoms with Crippen molar-refractivity contribution >= 4 is 27.4 Å². The van der Waals surface area contributed by atoms with Crippen LogP contribution in [0.25, 0.3) is 5.65 Å². The minimum atomic E-state index is -0.260. The monoisotopic (exact) mass is 321 g/mol. The van der Waals surface area contributed by atoms with Gasteiger partial charge in [0, 0.05) is 29.0 Å². The van der Waals surface area contributed by atoms with E-state index in [2.05, 4.69) is 36.4 Å². The Bertz CT molecular complexity index is 727. The van der Waals surface area contributed by atoms with Crippen LogP contribution < -0.4 is 5.32 Å². The first-order chi connectivity index (χ1) is 9.24. The van der Waals surface area contributed by atoms with E-state index < -0.39 is 0 Å². The maximum Gasteiger partial charge on any atom is 0.203 e. The number of fused-ring (bicyclic) bond motifs is 1. The molecule has 0 aliphatic rings. The SMILES string of the molecule is Fc1ccc(Br)cc1CNc1nccn2cnnc12. The van der Waals surface area contributed by atoms with Crippen molar-refractivity contribution in [2.45, 2.75) is 6.54 Å². The Morgan fingerprint density at radius 2 is 2.26 bits per heavy atom. The third kappa shape index (κ3) is 2.41. The summed E-state index contributed by atoms with van der Waals surface area (Å²) in [6, 6.07) is 4.81. The van der Waals surface area contributed by atoms with Gasteiger partial charge in [-0.15, -0.1) is 10.2 Å². The van der Waals surface area contributed by atoms with Crippen molar-refractivity contribution in [2.75, 3.05) is 5.32 Å². The largest absolute Gasteiger partial charge is 0.363 e. The Morgan fingerprint density at radius 3 is 3.16 bits per heavy atom. The van der Waals surface area contributed by atoms with Gasteiger partial charge in [0.15, 0.2) is 5.82 Å². The highest BCUT2D eigenvalue weighted by Crippen LogP contribution is 2.17. The van der Waals surface area contributed by atoms with Gasteiger partial charge >= 0.3 is 0 Å². The maximum atomic E-state index is 13.6. The summed E-state index contributed by atoms with van der Waals surface area (Å²) in [6.07, 6.45) is 4.97. The lowest BCUT2D eigenvalue weighted by atomic mass is 10.2. The highest BCUT2D eigenvalue weighted by atomic mass is 79.9. The smallest absolute Gasteiger partial charge is 0.203 e. The van der Waals surface area contributed by atoms with E-state index in [0.29, 0.717) is 23.6 Å². The van der Waals surface area contributed by atoms with Crippen LogP contribution in [0.4, 0.5) is 10.2 Å². The number of hydrogen-bond donors (Lipinski definition) is 1. The lowest BCUT2D eigenvalue weighted by Gasteiger charge is -2.07. The van der Waals surface area contributed by atoms with Gasteiger partial charge in [0.1, 0.15) is 12.1 Å². The molecule has 1 aromatic carbocycles. The lowest BCUT2D eigenvalue weighted by Crippen LogP contribution is -2.05. The first-order valence-electron chi connectivity index (χ1n) is 5.56. The van der Waals surface area contributed by atoms with Crippen LogP contribution >= 0.6 is 15.9 Å². The van der Waals surface area contributed by atoms with Gasteiger partial charge in [-0.05, 0) is 18.2 Å². The predicted octanol–water partition coefficient (Wildman–Crippen LogP) is 2.64. The van der Waals surface area contributed by atoms with E-state index in [1.54, 1.807) is 35.3 Å². The van der Waals surface area contributed by atoms with E-state index in [9.17, 15) is 4.39 Å². The molecule has 0 aliphatic heterocycles. The van der Waals surface area contributed by atoms with Gasteiger partial charge in [-0.25, -0.2) is 9.37 Å². The van der Waals surface area contributed by atoms with Gasteiger partial charge in [-0.2, -0.15) is 0 Å². The molecule has 0 fully saturated rings. The molecule has 0 atom stereocenters. The Morgan fingerprint density at radius 1 is 1.37 bits per heavy atom. The van der Waals surface area contributed by atoms with E-state index in [-0.39, 0.29) is 5.82 Å². The molecule has 3 aromatic rings. The number of rotatable bonds is 3. The lowest BCUT2D eigenvalue weighted by molar-refractivity contribution is 0.612. The third-order valence-electron chi connectivity index (χ3n) is 2.67. The van der Waals surface area contributed by atoms with Gasteiger partial charge in [0.05, 0.1) is 0 Å². The van der Waals surface area contributed by atoms with Crippen LogP contribution in [0.5, 0.6) is 0 Å². The average molecular weight is 322 g/mol. The summed E-state index contributed by atoms with van der Waals surface area (Å²) in [6.45, 7) is 0.324. The zero-order valence-corrected chi connectivity index (χ0v) is 11.3. The Hall–Kier alpha value is -2.02. The molecule has 0 amide bonds. The second-order valence-corrected chi connectivity index (χ2v) is 4.84. The van der Waals surface area contributed by atoms with Crippen molar-refractivity contribution in [3.63, 3.8) is 0 Å². The van der Waals surface area contributed by atoms with Crippen molar-refractivity contribution in [3.8, 4) is 0 Å². The molecule has 0 unspecified atom stereocenters. The van der Waals surface area contributed by atoms with E-state index in [1.807, 2.05) is 0 Å². The summed E-state index contributed by atoms with van der Waals surface area (Å²) in [4.78, 5) is 4.18. The Balaban J connectivity index is 1.86. The fraction of sp³-hybridized carbons (Fsp3) is 0.0833. The molecule has 0 bridgehead atoms. The molecule has 1 N–H and O–H groups in total. The number of anilines is 1. The van der Waals surface area contributed by atoms with Gasteiger partial charge < -0.3 is 5.32 Å². The summed E-state index contributed by atoms with van der Waals surface area (Å²) in [5.74, 6) is 0.309. The number of hydrogen-bond acceptors (Lipinski definition) is 4. The summed E-state index contributed by atoms with van der Waals surface area (Å²) in [5, 5.41) is 10.8. The zero-order valence-electron chi connectivity index (χ0n) is 9.72. The minimum Gasteiger partial charge on any atom is -0.363 e.